The van der Waals surface area contributed by atoms with Gasteiger partial charge in [-0.2, -0.15) is 0 Å². The molecule has 2 aromatic rings. The zero-order valence-corrected chi connectivity index (χ0v) is 12.2. The molecule has 0 spiro atoms. The van der Waals surface area contributed by atoms with Gasteiger partial charge in [0.1, 0.15) is 0 Å². The average Bonchev–Trinajstić information content (AvgIpc) is 2.83. The number of rotatable bonds is 7. The van der Waals surface area contributed by atoms with Crippen LogP contribution in [0.5, 0.6) is 0 Å². The molecule has 102 valence electrons. The molecule has 19 heavy (non-hydrogen) atoms. The molecule has 1 heterocycles. The van der Waals surface area contributed by atoms with Crippen LogP contribution in [-0.4, -0.2) is 23.0 Å². The predicted octanol–water partition coefficient (Wildman–Crippen LogP) is 2.80. The van der Waals surface area contributed by atoms with E-state index < -0.39 is 0 Å². The van der Waals surface area contributed by atoms with Crippen LogP contribution < -0.4 is 5.73 Å². The lowest BCUT2D eigenvalue weighted by Gasteiger charge is -2.21. The standard InChI is InChI=1S/C15H21N3S/c1-13-15(19-12-17-13)11-18(9-5-8-16)10-14-6-3-2-4-7-14/h2-4,6-7,12H,5,8-11,16H2,1H3. The molecule has 0 aliphatic carbocycles. The van der Waals surface area contributed by atoms with E-state index in [1.165, 1.54) is 10.4 Å². The topological polar surface area (TPSA) is 42.2 Å². The normalized spacial score (nSPS) is 11.1. The van der Waals surface area contributed by atoms with Gasteiger partial charge in [-0.25, -0.2) is 4.98 Å². The first-order chi connectivity index (χ1) is 9.29. The summed E-state index contributed by atoms with van der Waals surface area (Å²) in [5.74, 6) is 0. The van der Waals surface area contributed by atoms with Crippen LogP contribution in [0.15, 0.2) is 35.8 Å². The minimum absolute atomic E-state index is 0.743. The third kappa shape index (κ3) is 4.42. The zero-order valence-electron chi connectivity index (χ0n) is 11.4. The van der Waals surface area contributed by atoms with Gasteiger partial charge in [0.25, 0.3) is 0 Å². The Labute approximate surface area is 119 Å². The van der Waals surface area contributed by atoms with Gasteiger partial charge in [0.05, 0.1) is 11.2 Å². The summed E-state index contributed by atoms with van der Waals surface area (Å²) in [6.07, 6.45) is 1.03. The molecule has 0 bridgehead atoms. The van der Waals surface area contributed by atoms with E-state index in [4.69, 9.17) is 5.73 Å². The van der Waals surface area contributed by atoms with Crippen molar-refractivity contribution in [3.8, 4) is 0 Å². The van der Waals surface area contributed by atoms with Gasteiger partial charge in [-0.1, -0.05) is 30.3 Å². The second kappa shape index (κ2) is 7.38. The Balaban J connectivity index is 2.01. The molecule has 0 unspecified atom stereocenters. The number of nitrogens with two attached hydrogens (primary N) is 1. The van der Waals surface area contributed by atoms with Gasteiger partial charge in [0, 0.05) is 24.5 Å². The molecule has 0 radical (unpaired) electrons. The second-order valence-electron chi connectivity index (χ2n) is 4.70. The summed E-state index contributed by atoms with van der Waals surface area (Å²) >= 11 is 1.74. The SMILES string of the molecule is Cc1ncsc1CN(CCCN)Cc1ccccc1. The Morgan fingerprint density at radius 3 is 2.63 bits per heavy atom. The predicted molar refractivity (Wildman–Crippen MR) is 81.1 cm³/mol. The highest BCUT2D eigenvalue weighted by atomic mass is 32.1. The van der Waals surface area contributed by atoms with Gasteiger partial charge in [0.2, 0.25) is 0 Å². The maximum Gasteiger partial charge on any atom is 0.0798 e. The number of aromatic nitrogens is 1. The molecular weight excluding hydrogens is 254 g/mol. The first-order valence-corrected chi connectivity index (χ1v) is 7.53. The Hall–Kier alpha value is -1.23. The van der Waals surface area contributed by atoms with Crippen molar-refractivity contribution in [2.24, 2.45) is 5.73 Å². The van der Waals surface area contributed by atoms with E-state index in [1.54, 1.807) is 11.3 Å². The largest absolute Gasteiger partial charge is 0.330 e. The quantitative estimate of drug-likeness (QED) is 0.845. The van der Waals surface area contributed by atoms with Gasteiger partial charge in [-0.15, -0.1) is 11.3 Å². The number of hydrogen-bond donors (Lipinski definition) is 1. The lowest BCUT2D eigenvalue weighted by Crippen LogP contribution is -2.25. The van der Waals surface area contributed by atoms with Crippen LogP contribution in [0.2, 0.25) is 0 Å². The Morgan fingerprint density at radius 1 is 1.21 bits per heavy atom. The number of benzene rings is 1. The van der Waals surface area contributed by atoms with Gasteiger partial charge >= 0.3 is 0 Å². The minimum Gasteiger partial charge on any atom is -0.330 e. The van der Waals surface area contributed by atoms with E-state index >= 15 is 0 Å². The van der Waals surface area contributed by atoms with Gasteiger partial charge in [-0.05, 0) is 25.5 Å². The summed E-state index contributed by atoms with van der Waals surface area (Å²) in [6.45, 7) is 5.79. The molecule has 0 amide bonds. The van der Waals surface area contributed by atoms with E-state index in [0.717, 1.165) is 38.3 Å². The molecule has 2 rings (SSSR count). The van der Waals surface area contributed by atoms with Crippen molar-refractivity contribution in [2.75, 3.05) is 13.1 Å². The highest BCUT2D eigenvalue weighted by molar-refractivity contribution is 7.09. The minimum atomic E-state index is 0.743. The molecule has 3 nitrogen and oxygen atoms in total. The Kier molecular flexibility index (Phi) is 5.51. The van der Waals surface area contributed by atoms with E-state index in [-0.39, 0.29) is 0 Å². The number of hydrogen-bond acceptors (Lipinski definition) is 4. The molecule has 1 aromatic carbocycles. The van der Waals surface area contributed by atoms with E-state index in [0.29, 0.717) is 0 Å². The van der Waals surface area contributed by atoms with Crippen LogP contribution in [0.3, 0.4) is 0 Å². The fourth-order valence-corrected chi connectivity index (χ4v) is 2.87. The van der Waals surface area contributed by atoms with Crippen molar-refractivity contribution >= 4 is 11.3 Å². The van der Waals surface area contributed by atoms with E-state index in [2.05, 4.69) is 47.1 Å². The molecule has 0 aliphatic rings. The van der Waals surface area contributed by atoms with Crippen LogP contribution in [0.4, 0.5) is 0 Å². The molecule has 0 saturated heterocycles. The maximum absolute atomic E-state index is 5.64. The monoisotopic (exact) mass is 275 g/mol. The molecule has 0 fully saturated rings. The van der Waals surface area contributed by atoms with E-state index in [1.807, 2.05) is 5.51 Å². The summed E-state index contributed by atoms with van der Waals surface area (Å²) in [4.78, 5) is 8.13. The van der Waals surface area contributed by atoms with Gasteiger partial charge in [-0.3, -0.25) is 4.90 Å². The third-order valence-electron chi connectivity index (χ3n) is 3.14. The summed E-state index contributed by atoms with van der Waals surface area (Å²) in [6, 6.07) is 10.6. The first kappa shape index (κ1) is 14.2. The summed E-state index contributed by atoms with van der Waals surface area (Å²) in [5.41, 5.74) is 10.1. The van der Waals surface area contributed by atoms with Crippen molar-refractivity contribution in [2.45, 2.75) is 26.4 Å². The number of thiazole rings is 1. The maximum atomic E-state index is 5.64. The molecule has 0 aliphatic heterocycles. The van der Waals surface area contributed by atoms with Crippen molar-refractivity contribution in [1.82, 2.24) is 9.88 Å². The van der Waals surface area contributed by atoms with Crippen LogP contribution >= 0.6 is 11.3 Å². The van der Waals surface area contributed by atoms with Gasteiger partial charge < -0.3 is 5.73 Å². The summed E-state index contributed by atoms with van der Waals surface area (Å²) in [7, 11) is 0. The van der Waals surface area contributed by atoms with Crippen molar-refractivity contribution in [1.29, 1.82) is 0 Å². The smallest absolute Gasteiger partial charge is 0.0798 e. The fraction of sp³-hybridized carbons (Fsp3) is 0.400. The van der Waals surface area contributed by atoms with Crippen LogP contribution in [-0.2, 0) is 13.1 Å². The Morgan fingerprint density at radius 2 is 2.00 bits per heavy atom. The highest BCUT2D eigenvalue weighted by Gasteiger charge is 2.10. The molecule has 1 aromatic heterocycles. The van der Waals surface area contributed by atoms with Crippen LogP contribution in [0.1, 0.15) is 22.6 Å². The summed E-state index contributed by atoms with van der Waals surface area (Å²) in [5, 5.41) is 0. The van der Waals surface area contributed by atoms with Gasteiger partial charge in [0.15, 0.2) is 0 Å². The molecular formula is C15H21N3S. The zero-order chi connectivity index (χ0) is 13.5. The van der Waals surface area contributed by atoms with Crippen LogP contribution in [0.25, 0.3) is 0 Å². The summed E-state index contributed by atoms with van der Waals surface area (Å²) < 4.78 is 0. The first-order valence-electron chi connectivity index (χ1n) is 6.65. The Bertz CT molecular complexity index is 481. The average molecular weight is 275 g/mol. The molecule has 0 saturated carbocycles. The van der Waals surface area contributed by atoms with E-state index in [9.17, 15) is 0 Å². The third-order valence-corrected chi connectivity index (χ3v) is 4.06. The van der Waals surface area contributed by atoms with Crippen molar-refractivity contribution in [3.05, 3.63) is 52.0 Å². The second-order valence-corrected chi connectivity index (χ2v) is 5.64. The van der Waals surface area contributed by atoms with Crippen LogP contribution in [0, 0.1) is 6.92 Å². The molecule has 4 heteroatoms. The molecule has 2 N–H and O–H groups in total. The number of aryl methyl sites for hydroxylation is 1. The highest BCUT2D eigenvalue weighted by Crippen LogP contribution is 2.17. The fourth-order valence-electron chi connectivity index (χ4n) is 2.05. The van der Waals surface area contributed by atoms with Crippen molar-refractivity contribution in [3.63, 3.8) is 0 Å². The number of nitrogens with zero attached hydrogens (tertiary/aromatic N) is 2. The lowest BCUT2D eigenvalue weighted by molar-refractivity contribution is 0.256. The van der Waals surface area contributed by atoms with Crippen molar-refractivity contribution < 1.29 is 0 Å². The molecule has 0 atom stereocenters. The lowest BCUT2D eigenvalue weighted by atomic mass is 10.2.